The van der Waals surface area contributed by atoms with E-state index in [2.05, 4.69) is 20.1 Å². The largest absolute Gasteiger partial charge is 0.493 e. The molecule has 0 spiro atoms. The van der Waals surface area contributed by atoms with Crippen molar-refractivity contribution in [2.45, 2.75) is 0 Å². The quantitative estimate of drug-likeness (QED) is 0.398. The Morgan fingerprint density at radius 1 is 0.938 bits per heavy atom. The molecule has 7 nitrogen and oxygen atoms in total. The summed E-state index contributed by atoms with van der Waals surface area (Å²) in [5, 5.41) is 6.10. The molecule has 5 rings (SSSR count). The Bertz CT molecular complexity index is 1530. The van der Waals surface area contributed by atoms with Crippen molar-refractivity contribution in [1.82, 2.24) is 24.7 Å². The predicted octanol–water partition coefficient (Wildman–Crippen LogP) is 5.15. The lowest BCUT2D eigenvalue weighted by molar-refractivity contribution is 0.412. The minimum atomic E-state index is -0.377. The van der Waals surface area contributed by atoms with Crippen LogP contribution >= 0.6 is 23.2 Å². The molecule has 3 heterocycles. The summed E-state index contributed by atoms with van der Waals surface area (Å²) in [4.78, 5) is 25.0. The van der Waals surface area contributed by atoms with Gasteiger partial charge < -0.3 is 9.72 Å². The summed E-state index contributed by atoms with van der Waals surface area (Å²) >= 11 is 12.4. The monoisotopic (exact) mass is 463 g/mol. The minimum Gasteiger partial charge on any atom is -0.493 e. The molecule has 1 N–H and O–H groups in total. The normalized spacial score (nSPS) is 11.1. The van der Waals surface area contributed by atoms with E-state index in [9.17, 15) is 4.79 Å². The zero-order chi connectivity index (χ0) is 22.2. The Labute approximate surface area is 192 Å². The smallest absolute Gasteiger partial charge is 0.211 e. The average molecular weight is 464 g/mol. The fourth-order valence-corrected chi connectivity index (χ4v) is 3.86. The molecule has 158 valence electrons. The van der Waals surface area contributed by atoms with Crippen molar-refractivity contribution >= 4 is 34.1 Å². The highest BCUT2D eigenvalue weighted by Crippen LogP contribution is 2.34. The van der Waals surface area contributed by atoms with E-state index >= 15 is 0 Å². The maximum Gasteiger partial charge on any atom is 0.211 e. The third-order valence-corrected chi connectivity index (χ3v) is 5.53. The van der Waals surface area contributed by atoms with Gasteiger partial charge in [-0.1, -0.05) is 53.5 Å². The molecule has 5 aromatic rings. The first-order valence-electron chi connectivity index (χ1n) is 9.60. The Morgan fingerprint density at radius 2 is 1.78 bits per heavy atom. The van der Waals surface area contributed by atoms with Crippen LogP contribution in [0.25, 0.3) is 39.5 Å². The van der Waals surface area contributed by atoms with Crippen molar-refractivity contribution in [1.29, 1.82) is 0 Å². The molecule has 3 aromatic heterocycles. The fraction of sp³-hybridized carbons (Fsp3) is 0.0435. The number of hydrogen-bond acceptors (Lipinski definition) is 5. The number of nitrogens with one attached hydrogen (secondary N) is 1. The molecule has 0 saturated heterocycles. The van der Waals surface area contributed by atoms with Crippen LogP contribution in [-0.4, -0.2) is 31.8 Å². The number of rotatable bonds is 4. The first-order valence-corrected chi connectivity index (χ1v) is 10.4. The predicted molar refractivity (Wildman–Crippen MR) is 125 cm³/mol. The lowest BCUT2D eigenvalue weighted by Gasteiger charge is -2.11. The van der Waals surface area contributed by atoms with E-state index in [0.717, 1.165) is 10.9 Å². The van der Waals surface area contributed by atoms with Gasteiger partial charge in [0.25, 0.3) is 0 Å². The molecule has 0 unspecified atom stereocenters. The zero-order valence-corrected chi connectivity index (χ0v) is 18.2. The lowest BCUT2D eigenvalue weighted by Crippen LogP contribution is -2.10. The van der Waals surface area contributed by atoms with Crippen LogP contribution in [0.2, 0.25) is 10.0 Å². The van der Waals surface area contributed by atoms with Crippen molar-refractivity contribution < 1.29 is 4.74 Å². The van der Waals surface area contributed by atoms with Gasteiger partial charge in [0.05, 0.1) is 23.2 Å². The van der Waals surface area contributed by atoms with Crippen molar-refractivity contribution in [2.24, 2.45) is 0 Å². The van der Waals surface area contributed by atoms with Gasteiger partial charge in [-0.05, 0) is 24.3 Å². The van der Waals surface area contributed by atoms with E-state index in [1.165, 1.54) is 24.2 Å². The number of fused-ring (bicyclic) bond motifs is 1. The lowest BCUT2D eigenvalue weighted by atomic mass is 10.2. The highest BCUT2D eigenvalue weighted by molar-refractivity contribution is 6.32. The number of para-hydroxylation sites is 2. The second kappa shape index (κ2) is 8.11. The number of pyridine rings is 2. The van der Waals surface area contributed by atoms with Gasteiger partial charge in [0.1, 0.15) is 16.4 Å². The van der Waals surface area contributed by atoms with Crippen LogP contribution < -0.4 is 10.2 Å². The van der Waals surface area contributed by atoms with E-state index < -0.39 is 0 Å². The molecule has 0 radical (unpaired) electrons. The SMILES string of the molecule is COc1c(Cl)cccc1-n1nc(-c2ccc3ccccc3n2)nc1-c1c[nH]cc(Cl)c1=O. The van der Waals surface area contributed by atoms with E-state index in [1.807, 2.05) is 36.4 Å². The van der Waals surface area contributed by atoms with Crippen molar-refractivity contribution in [3.05, 3.63) is 87.3 Å². The van der Waals surface area contributed by atoms with Crippen LogP contribution in [0, 0.1) is 0 Å². The van der Waals surface area contributed by atoms with Gasteiger partial charge in [0, 0.05) is 17.8 Å². The molecular weight excluding hydrogens is 449 g/mol. The number of aromatic amines is 1. The number of halogens is 2. The van der Waals surface area contributed by atoms with E-state index in [4.69, 9.17) is 27.9 Å². The van der Waals surface area contributed by atoms with Gasteiger partial charge in [-0.25, -0.2) is 14.6 Å². The third kappa shape index (κ3) is 3.41. The molecule has 0 fully saturated rings. The average Bonchev–Trinajstić information content (AvgIpc) is 3.25. The van der Waals surface area contributed by atoms with Crippen molar-refractivity contribution in [3.63, 3.8) is 0 Å². The Morgan fingerprint density at radius 3 is 2.62 bits per heavy atom. The van der Waals surface area contributed by atoms with E-state index in [-0.39, 0.29) is 21.8 Å². The number of aromatic nitrogens is 5. The van der Waals surface area contributed by atoms with Crippen LogP contribution in [0.1, 0.15) is 0 Å². The molecule has 0 saturated carbocycles. The van der Waals surface area contributed by atoms with Gasteiger partial charge in [-0.3, -0.25) is 4.79 Å². The van der Waals surface area contributed by atoms with Gasteiger partial charge >= 0.3 is 0 Å². The number of benzene rings is 2. The van der Waals surface area contributed by atoms with Gasteiger partial charge in [-0.2, -0.15) is 0 Å². The maximum atomic E-state index is 12.8. The topological polar surface area (TPSA) is 85.7 Å². The summed E-state index contributed by atoms with van der Waals surface area (Å²) in [5.74, 6) is 1.02. The van der Waals surface area contributed by atoms with Gasteiger partial charge in [0.15, 0.2) is 11.6 Å². The molecule has 9 heteroatoms. The molecule has 2 aromatic carbocycles. The Kier molecular flexibility index (Phi) is 5.13. The zero-order valence-electron chi connectivity index (χ0n) is 16.7. The second-order valence-corrected chi connectivity index (χ2v) is 7.71. The number of hydrogen-bond donors (Lipinski definition) is 1. The standard InChI is InChI=1S/C23H15Cl2N5O2/c1-32-21-15(24)6-4-8-19(21)30-23(14-11-26-12-16(25)20(14)31)28-22(29-30)18-10-9-13-5-2-3-7-17(13)27-18/h2-12H,1H3,(H,26,31). The summed E-state index contributed by atoms with van der Waals surface area (Å²) in [6, 6.07) is 16.8. The third-order valence-electron chi connectivity index (χ3n) is 4.95. The molecule has 0 bridgehead atoms. The molecule has 0 amide bonds. The highest BCUT2D eigenvalue weighted by atomic mass is 35.5. The van der Waals surface area contributed by atoms with Crippen LogP contribution in [0.15, 0.2) is 71.8 Å². The van der Waals surface area contributed by atoms with Crippen LogP contribution in [0.4, 0.5) is 0 Å². The molecule has 0 aliphatic heterocycles. The molecule has 0 aliphatic carbocycles. The summed E-state index contributed by atoms with van der Waals surface area (Å²) < 4.78 is 7.01. The highest BCUT2D eigenvalue weighted by Gasteiger charge is 2.22. The molecular formula is C23H15Cl2N5O2. The number of methoxy groups -OCH3 is 1. The molecule has 0 atom stereocenters. The first-order chi connectivity index (χ1) is 15.6. The van der Waals surface area contributed by atoms with Crippen molar-refractivity contribution in [2.75, 3.05) is 7.11 Å². The van der Waals surface area contributed by atoms with Gasteiger partial charge in [-0.15, -0.1) is 5.10 Å². The number of ether oxygens (including phenoxy) is 1. The van der Waals surface area contributed by atoms with E-state index in [1.54, 1.807) is 18.2 Å². The number of nitrogens with zero attached hydrogens (tertiary/aromatic N) is 4. The fourth-order valence-electron chi connectivity index (χ4n) is 3.44. The van der Waals surface area contributed by atoms with Gasteiger partial charge in [0.2, 0.25) is 11.3 Å². The van der Waals surface area contributed by atoms with E-state index in [0.29, 0.717) is 28.0 Å². The molecule has 0 aliphatic rings. The summed E-state index contributed by atoms with van der Waals surface area (Å²) in [5.41, 5.74) is 1.76. The second-order valence-electron chi connectivity index (χ2n) is 6.90. The van der Waals surface area contributed by atoms with Crippen LogP contribution in [0.5, 0.6) is 5.75 Å². The summed E-state index contributed by atoms with van der Waals surface area (Å²) in [7, 11) is 1.51. The summed E-state index contributed by atoms with van der Waals surface area (Å²) in [6.45, 7) is 0. The number of H-pyrrole nitrogens is 1. The van der Waals surface area contributed by atoms with Crippen LogP contribution in [0.3, 0.4) is 0 Å². The van der Waals surface area contributed by atoms with Crippen LogP contribution in [-0.2, 0) is 0 Å². The minimum absolute atomic E-state index is 0.0421. The first kappa shape index (κ1) is 20.2. The Balaban J connectivity index is 1.79. The maximum absolute atomic E-state index is 12.8. The molecule has 32 heavy (non-hydrogen) atoms. The van der Waals surface area contributed by atoms with Crippen molar-refractivity contribution in [3.8, 4) is 34.3 Å². The summed E-state index contributed by atoms with van der Waals surface area (Å²) in [6.07, 6.45) is 2.95. The Hall–Kier alpha value is -3.68.